The van der Waals surface area contributed by atoms with E-state index in [0.717, 1.165) is 0 Å². The van der Waals surface area contributed by atoms with Crippen LogP contribution in [0.5, 0.6) is 11.5 Å². The summed E-state index contributed by atoms with van der Waals surface area (Å²) in [6.45, 7) is 0.922. The minimum Gasteiger partial charge on any atom is -0.454 e. The van der Waals surface area contributed by atoms with Crippen LogP contribution >= 0.6 is 0 Å². The summed E-state index contributed by atoms with van der Waals surface area (Å²) in [6.07, 6.45) is 0. The lowest BCUT2D eigenvalue weighted by Crippen LogP contribution is -2.29. The van der Waals surface area contributed by atoms with E-state index in [1.54, 1.807) is 30.3 Å². The van der Waals surface area contributed by atoms with Crippen LogP contribution in [0, 0.1) is 10.1 Å². The molecule has 2 aromatic rings. The summed E-state index contributed by atoms with van der Waals surface area (Å²) < 4.78 is 5.75. The highest BCUT2D eigenvalue weighted by Gasteiger charge is 2.18. The Balaban J connectivity index is 2.08. The van der Waals surface area contributed by atoms with Crippen molar-refractivity contribution in [2.75, 3.05) is 18.4 Å². The first-order chi connectivity index (χ1) is 10.6. The van der Waals surface area contributed by atoms with Crippen LogP contribution in [0.3, 0.4) is 0 Å². The number of benzene rings is 2. The molecule has 0 bridgehead atoms. The Morgan fingerprint density at radius 1 is 1.05 bits per heavy atom. The molecule has 1 amide bonds. The van der Waals surface area contributed by atoms with E-state index in [4.69, 9.17) is 4.74 Å². The van der Waals surface area contributed by atoms with E-state index in [2.05, 4.69) is 10.6 Å². The van der Waals surface area contributed by atoms with Gasteiger partial charge in [-0.2, -0.15) is 0 Å². The van der Waals surface area contributed by atoms with Gasteiger partial charge in [0.2, 0.25) is 0 Å². The van der Waals surface area contributed by atoms with Gasteiger partial charge in [-0.05, 0) is 18.2 Å². The van der Waals surface area contributed by atoms with E-state index in [1.165, 1.54) is 12.1 Å². The lowest BCUT2D eigenvalue weighted by molar-refractivity contribution is -0.384. The van der Waals surface area contributed by atoms with E-state index in [0.29, 0.717) is 35.8 Å². The van der Waals surface area contributed by atoms with Gasteiger partial charge >= 0.3 is 0 Å². The molecule has 0 spiro atoms. The number of para-hydroxylation sites is 1. The number of carbonyl (C=O) groups is 1. The van der Waals surface area contributed by atoms with Crippen molar-refractivity contribution in [1.29, 1.82) is 0 Å². The molecule has 0 radical (unpaired) electrons. The molecule has 1 aliphatic rings. The number of nitrogens with one attached hydrogen (secondary N) is 2. The Morgan fingerprint density at radius 2 is 1.82 bits per heavy atom. The fourth-order valence-electron chi connectivity index (χ4n) is 2.19. The third kappa shape index (κ3) is 2.69. The Kier molecular flexibility index (Phi) is 3.61. The number of hydrogen-bond donors (Lipinski definition) is 2. The number of non-ortho nitro benzene ring substituents is 1. The Morgan fingerprint density at radius 3 is 2.64 bits per heavy atom. The molecule has 0 atom stereocenters. The number of nitrogens with zero attached hydrogens (tertiary/aromatic N) is 1. The normalized spacial score (nSPS) is 13.7. The maximum Gasteiger partial charge on any atom is 0.273 e. The Hall–Kier alpha value is -3.09. The smallest absolute Gasteiger partial charge is 0.273 e. The SMILES string of the molecule is O=C1NCCNc2ccc([N+](=O)[O-])cc2Oc2ccccc21. The van der Waals surface area contributed by atoms with Gasteiger partial charge < -0.3 is 15.4 Å². The fraction of sp³-hybridized carbons (Fsp3) is 0.133. The van der Waals surface area contributed by atoms with E-state index in [9.17, 15) is 14.9 Å². The minimum absolute atomic E-state index is 0.0699. The topological polar surface area (TPSA) is 93.5 Å². The van der Waals surface area contributed by atoms with E-state index < -0.39 is 4.92 Å². The number of rotatable bonds is 1. The van der Waals surface area contributed by atoms with Crippen molar-refractivity contribution in [3.8, 4) is 11.5 Å². The van der Waals surface area contributed by atoms with Crippen molar-refractivity contribution in [1.82, 2.24) is 5.32 Å². The number of ether oxygens (including phenoxy) is 1. The van der Waals surface area contributed by atoms with Crippen LogP contribution in [0.4, 0.5) is 11.4 Å². The third-order valence-electron chi connectivity index (χ3n) is 3.25. The average Bonchev–Trinajstić information content (AvgIpc) is 2.52. The Bertz CT molecular complexity index is 745. The van der Waals surface area contributed by atoms with Gasteiger partial charge in [0.15, 0.2) is 5.75 Å². The molecule has 2 N–H and O–H groups in total. The van der Waals surface area contributed by atoms with Crippen molar-refractivity contribution in [2.24, 2.45) is 0 Å². The monoisotopic (exact) mass is 299 g/mol. The van der Waals surface area contributed by atoms with Crippen LogP contribution in [0.1, 0.15) is 10.4 Å². The minimum atomic E-state index is -0.485. The highest BCUT2D eigenvalue weighted by Crippen LogP contribution is 2.34. The van der Waals surface area contributed by atoms with E-state index in [1.807, 2.05) is 0 Å². The van der Waals surface area contributed by atoms with Crippen molar-refractivity contribution in [2.45, 2.75) is 0 Å². The molecule has 0 saturated carbocycles. The molecule has 7 nitrogen and oxygen atoms in total. The lowest BCUT2D eigenvalue weighted by atomic mass is 10.1. The number of fused-ring (bicyclic) bond motifs is 2. The van der Waals surface area contributed by atoms with Gasteiger partial charge in [-0.3, -0.25) is 14.9 Å². The predicted molar refractivity (Wildman–Crippen MR) is 80.4 cm³/mol. The lowest BCUT2D eigenvalue weighted by Gasteiger charge is -2.17. The van der Waals surface area contributed by atoms with Gasteiger partial charge in [0.25, 0.3) is 11.6 Å². The molecule has 1 aliphatic heterocycles. The van der Waals surface area contributed by atoms with E-state index >= 15 is 0 Å². The number of nitro benzene ring substituents is 1. The summed E-state index contributed by atoms with van der Waals surface area (Å²) in [4.78, 5) is 22.5. The highest BCUT2D eigenvalue weighted by molar-refractivity contribution is 5.97. The molecule has 0 aliphatic carbocycles. The number of anilines is 1. The molecule has 22 heavy (non-hydrogen) atoms. The zero-order chi connectivity index (χ0) is 15.5. The third-order valence-corrected chi connectivity index (χ3v) is 3.25. The molecule has 0 saturated heterocycles. The highest BCUT2D eigenvalue weighted by atomic mass is 16.6. The number of nitro groups is 1. The standard InChI is InChI=1S/C15H13N3O4/c19-15-11-3-1-2-4-13(11)22-14-9-10(18(20)21)5-6-12(14)16-7-8-17-15/h1-6,9,16H,7-8H2,(H,17,19). The predicted octanol–water partition coefficient (Wildman–Crippen LogP) is 2.54. The van der Waals surface area contributed by atoms with Crippen LogP contribution in [-0.4, -0.2) is 23.9 Å². The second-order valence-electron chi connectivity index (χ2n) is 4.72. The first-order valence-electron chi connectivity index (χ1n) is 6.72. The summed E-state index contributed by atoms with van der Waals surface area (Å²) in [5.41, 5.74) is 0.956. The summed E-state index contributed by atoms with van der Waals surface area (Å²) in [6, 6.07) is 11.1. The summed E-state index contributed by atoms with van der Waals surface area (Å²) in [7, 11) is 0. The van der Waals surface area contributed by atoms with Crippen LogP contribution < -0.4 is 15.4 Å². The first-order valence-corrected chi connectivity index (χ1v) is 6.72. The van der Waals surface area contributed by atoms with Crippen LogP contribution in [0.2, 0.25) is 0 Å². The molecular formula is C15H13N3O4. The Labute approximate surface area is 126 Å². The van der Waals surface area contributed by atoms with E-state index in [-0.39, 0.29) is 11.6 Å². The summed E-state index contributed by atoms with van der Waals surface area (Å²) >= 11 is 0. The maximum absolute atomic E-state index is 12.1. The van der Waals surface area contributed by atoms with Crippen molar-refractivity contribution in [3.05, 3.63) is 58.1 Å². The second-order valence-corrected chi connectivity index (χ2v) is 4.72. The van der Waals surface area contributed by atoms with Crippen molar-refractivity contribution >= 4 is 17.3 Å². The molecule has 0 unspecified atom stereocenters. The van der Waals surface area contributed by atoms with Crippen LogP contribution in [-0.2, 0) is 0 Å². The molecular weight excluding hydrogens is 286 g/mol. The first kappa shape index (κ1) is 13.9. The van der Waals surface area contributed by atoms with Gasteiger partial charge in [-0.1, -0.05) is 12.1 Å². The van der Waals surface area contributed by atoms with Crippen LogP contribution in [0.15, 0.2) is 42.5 Å². The molecule has 0 aromatic heterocycles. The summed E-state index contributed by atoms with van der Waals surface area (Å²) in [5.74, 6) is 0.424. The zero-order valence-corrected chi connectivity index (χ0v) is 11.5. The average molecular weight is 299 g/mol. The van der Waals surface area contributed by atoms with Gasteiger partial charge in [0.1, 0.15) is 5.75 Å². The maximum atomic E-state index is 12.1. The largest absolute Gasteiger partial charge is 0.454 e. The van der Waals surface area contributed by atoms with Gasteiger partial charge in [0.05, 0.1) is 22.2 Å². The number of amides is 1. The molecule has 3 rings (SSSR count). The van der Waals surface area contributed by atoms with Crippen molar-refractivity contribution in [3.63, 3.8) is 0 Å². The summed E-state index contributed by atoms with van der Waals surface area (Å²) in [5, 5.41) is 16.8. The molecule has 1 heterocycles. The molecule has 2 aromatic carbocycles. The fourth-order valence-corrected chi connectivity index (χ4v) is 2.19. The quantitative estimate of drug-likeness (QED) is 0.623. The molecule has 0 fully saturated rings. The van der Waals surface area contributed by atoms with Gasteiger partial charge in [-0.15, -0.1) is 0 Å². The molecule has 7 heteroatoms. The van der Waals surface area contributed by atoms with Crippen molar-refractivity contribution < 1.29 is 14.5 Å². The number of hydrogen-bond acceptors (Lipinski definition) is 5. The van der Waals surface area contributed by atoms with Crippen LogP contribution in [0.25, 0.3) is 0 Å². The zero-order valence-electron chi connectivity index (χ0n) is 11.5. The number of carbonyl (C=O) groups excluding carboxylic acids is 1. The van der Waals surface area contributed by atoms with Gasteiger partial charge in [-0.25, -0.2) is 0 Å². The molecule has 112 valence electrons. The van der Waals surface area contributed by atoms with Gasteiger partial charge in [0, 0.05) is 19.2 Å². The second kappa shape index (κ2) is 5.72.